The first kappa shape index (κ1) is 10.7. The summed E-state index contributed by atoms with van der Waals surface area (Å²) in [6, 6.07) is 7.12. The third-order valence-electron chi connectivity index (χ3n) is 4.04. The van der Waals surface area contributed by atoms with Crippen molar-refractivity contribution in [2.75, 3.05) is 29.9 Å². The molecule has 5 N–H and O–H groups in total. The Labute approximate surface area is 102 Å². The van der Waals surface area contributed by atoms with E-state index in [0.29, 0.717) is 23.5 Å². The Morgan fingerprint density at radius 3 is 2.82 bits per heavy atom. The molecular weight excluding hydrogens is 212 g/mol. The fraction of sp³-hybridized carbons (Fsp3) is 0.538. The van der Waals surface area contributed by atoms with Gasteiger partial charge in [-0.15, -0.1) is 0 Å². The van der Waals surface area contributed by atoms with E-state index in [1.54, 1.807) is 0 Å². The number of fused-ring (bicyclic) bond motifs is 1. The molecule has 4 nitrogen and oxygen atoms in total. The zero-order valence-electron chi connectivity index (χ0n) is 10.0. The molecule has 1 aromatic rings. The van der Waals surface area contributed by atoms with Crippen molar-refractivity contribution in [3.05, 3.63) is 18.2 Å². The van der Waals surface area contributed by atoms with E-state index in [9.17, 15) is 0 Å². The molecule has 0 aromatic heterocycles. The minimum absolute atomic E-state index is 0.570. The second-order valence-electron chi connectivity index (χ2n) is 5.13. The van der Waals surface area contributed by atoms with Crippen LogP contribution in [0, 0.1) is 0 Å². The number of rotatable bonds is 2. The van der Waals surface area contributed by atoms with E-state index in [1.807, 2.05) is 18.2 Å². The van der Waals surface area contributed by atoms with E-state index in [0.717, 1.165) is 5.69 Å². The van der Waals surface area contributed by atoms with Crippen LogP contribution in [-0.4, -0.2) is 30.1 Å². The number of nitrogens with one attached hydrogen (secondary N) is 1. The molecule has 4 heteroatoms. The smallest absolute Gasteiger partial charge is 0.0568 e. The average molecular weight is 232 g/mol. The van der Waals surface area contributed by atoms with Gasteiger partial charge in [-0.25, -0.2) is 0 Å². The summed E-state index contributed by atoms with van der Waals surface area (Å²) < 4.78 is 0. The zero-order valence-corrected chi connectivity index (χ0v) is 10.0. The van der Waals surface area contributed by atoms with Crippen LogP contribution in [0.2, 0.25) is 0 Å². The van der Waals surface area contributed by atoms with Crippen LogP contribution in [0.5, 0.6) is 0 Å². The lowest BCUT2D eigenvalue weighted by Gasteiger charge is -2.22. The monoisotopic (exact) mass is 232 g/mol. The van der Waals surface area contributed by atoms with Gasteiger partial charge >= 0.3 is 0 Å². The molecule has 2 atom stereocenters. The summed E-state index contributed by atoms with van der Waals surface area (Å²) >= 11 is 0. The Bertz CT molecular complexity index is 418. The third-order valence-corrected chi connectivity index (χ3v) is 4.04. The molecule has 17 heavy (non-hydrogen) atoms. The van der Waals surface area contributed by atoms with Crippen molar-refractivity contribution in [3.8, 4) is 0 Å². The van der Waals surface area contributed by atoms with Crippen LogP contribution in [0.4, 0.5) is 17.1 Å². The molecule has 3 rings (SSSR count). The lowest BCUT2D eigenvalue weighted by molar-refractivity contribution is 0.318. The highest BCUT2D eigenvalue weighted by molar-refractivity contribution is 5.69. The number of hydrogen-bond acceptors (Lipinski definition) is 4. The van der Waals surface area contributed by atoms with Gasteiger partial charge < -0.3 is 16.8 Å². The number of nitrogen functional groups attached to an aromatic ring is 2. The number of benzene rings is 1. The van der Waals surface area contributed by atoms with Crippen LogP contribution in [0.15, 0.2) is 18.2 Å². The molecule has 0 amide bonds. The van der Waals surface area contributed by atoms with Crippen LogP contribution in [0.3, 0.4) is 0 Å². The number of nitrogens with zero attached hydrogens (tertiary/aromatic N) is 1. The number of hydrogen-bond donors (Lipinski definition) is 3. The third kappa shape index (κ3) is 1.93. The summed E-state index contributed by atoms with van der Waals surface area (Å²) in [6.45, 7) is 2.50. The van der Waals surface area contributed by atoms with E-state index in [1.165, 1.54) is 32.4 Å². The topological polar surface area (TPSA) is 67.3 Å². The van der Waals surface area contributed by atoms with Crippen LogP contribution in [-0.2, 0) is 0 Å². The summed E-state index contributed by atoms with van der Waals surface area (Å²) in [4.78, 5) is 2.60. The summed E-state index contributed by atoms with van der Waals surface area (Å²) in [6.07, 6.45) is 3.89. The molecule has 2 heterocycles. The molecular formula is C13H20N4. The second kappa shape index (κ2) is 4.11. The van der Waals surface area contributed by atoms with Crippen LogP contribution < -0.4 is 16.8 Å². The highest BCUT2D eigenvalue weighted by atomic mass is 15.2. The van der Waals surface area contributed by atoms with Gasteiger partial charge in [0, 0.05) is 24.3 Å². The molecule has 0 saturated carbocycles. The molecule has 2 aliphatic heterocycles. The van der Waals surface area contributed by atoms with Crippen molar-refractivity contribution in [3.63, 3.8) is 0 Å². The van der Waals surface area contributed by atoms with Crippen LogP contribution in [0.25, 0.3) is 0 Å². The predicted octanol–water partition coefficient (Wildman–Crippen LogP) is 1.50. The van der Waals surface area contributed by atoms with E-state index in [2.05, 4.69) is 10.2 Å². The van der Waals surface area contributed by atoms with Gasteiger partial charge in [0.2, 0.25) is 0 Å². The molecule has 2 unspecified atom stereocenters. The Morgan fingerprint density at radius 2 is 2.00 bits per heavy atom. The van der Waals surface area contributed by atoms with Gasteiger partial charge in [0.05, 0.1) is 11.4 Å². The number of nitrogens with two attached hydrogens (primary N) is 2. The van der Waals surface area contributed by atoms with Gasteiger partial charge in [0.15, 0.2) is 0 Å². The molecule has 2 fully saturated rings. The van der Waals surface area contributed by atoms with Gasteiger partial charge in [-0.2, -0.15) is 0 Å². The van der Waals surface area contributed by atoms with Crippen LogP contribution in [0.1, 0.15) is 19.3 Å². The van der Waals surface area contributed by atoms with Gasteiger partial charge in [0.1, 0.15) is 0 Å². The first-order chi connectivity index (χ1) is 8.24. The largest absolute Gasteiger partial charge is 0.397 e. The van der Waals surface area contributed by atoms with E-state index >= 15 is 0 Å². The van der Waals surface area contributed by atoms with Gasteiger partial charge in [0.25, 0.3) is 0 Å². The fourth-order valence-electron chi connectivity index (χ4n) is 3.13. The van der Waals surface area contributed by atoms with E-state index < -0.39 is 0 Å². The maximum Gasteiger partial charge on any atom is 0.0568 e. The fourth-order valence-corrected chi connectivity index (χ4v) is 3.13. The zero-order chi connectivity index (χ0) is 11.8. The van der Waals surface area contributed by atoms with E-state index in [-0.39, 0.29) is 0 Å². The maximum atomic E-state index is 5.83. The Hall–Kier alpha value is -1.42. The average Bonchev–Trinajstić information content (AvgIpc) is 2.88. The standard InChI is InChI=1S/C13H20N4/c14-10-4-3-9(8-11(10)15)16-12-5-7-17-6-1-2-13(12)17/h3-4,8,12-13,16H,1-2,5-7,14-15H2. The van der Waals surface area contributed by atoms with Crippen LogP contribution >= 0.6 is 0 Å². The minimum Gasteiger partial charge on any atom is -0.397 e. The van der Waals surface area contributed by atoms with Crippen molar-refractivity contribution in [2.45, 2.75) is 31.3 Å². The lowest BCUT2D eigenvalue weighted by atomic mass is 10.1. The highest BCUT2D eigenvalue weighted by Gasteiger charge is 2.36. The van der Waals surface area contributed by atoms with Crippen molar-refractivity contribution >= 4 is 17.1 Å². The minimum atomic E-state index is 0.570. The quantitative estimate of drug-likeness (QED) is 0.676. The van der Waals surface area contributed by atoms with Crippen molar-refractivity contribution in [2.24, 2.45) is 0 Å². The SMILES string of the molecule is Nc1ccc(NC2CCN3CCCC23)cc1N. The summed E-state index contributed by atoms with van der Waals surface area (Å²) in [5.74, 6) is 0. The molecule has 1 aromatic carbocycles. The highest BCUT2D eigenvalue weighted by Crippen LogP contribution is 2.30. The summed E-state index contributed by atoms with van der Waals surface area (Å²) in [5.41, 5.74) is 14.0. The molecule has 0 radical (unpaired) electrons. The molecule has 0 aliphatic carbocycles. The molecule has 2 aliphatic rings. The molecule has 92 valence electrons. The Morgan fingerprint density at radius 1 is 1.12 bits per heavy atom. The van der Waals surface area contributed by atoms with Gasteiger partial charge in [-0.3, -0.25) is 4.90 Å². The first-order valence-corrected chi connectivity index (χ1v) is 6.39. The lowest BCUT2D eigenvalue weighted by Crippen LogP contribution is -2.33. The maximum absolute atomic E-state index is 5.83. The molecule has 0 bridgehead atoms. The van der Waals surface area contributed by atoms with Crippen molar-refractivity contribution in [1.82, 2.24) is 4.90 Å². The molecule has 0 spiro atoms. The normalized spacial score (nSPS) is 28.2. The first-order valence-electron chi connectivity index (χ1n) is 6.39. The van der Waals surface area contributed by atoms with E-state index in [4.69, 9.17) is 11.5 Å². The molecule has 2 saturated heterocycles. The Balaban J connectivity index is 1.72. The van der Waals surface area contributed by atoms with Gasteiger partial charge in [-0.05, 0) is 44.0 Å². The van der Waals surface area contributed by atoms with Gasteiger partial charge in [-0.1, -0.05) is 0 Å². The van der Waals surface area contributed by atoms with Crippen molar-refractivity contribution < 1.29 is 0 Å². The number of anilines is 3. The second-order valence-corrected chi connectivity index (χ2v) is 5.13. The Kier molecular flexibility index (Phi) is 2.59. The van der Waals surface area contributed by atoms with Crippen molar-refractivity contribution in [1.29, 1.82) is 0 Å². The predicted molar refractivity (Wildman–Crippen MR) is 71.9 cm³/mol. The summed E-state index contributed by atoms with van der Waals surface area (Å²) in [7, 11) is 0. The summed E-state index contributed by atoms with van der Waals surface area (Å²) in [5, 5.41) is 3.60.